The second-order valence-electron chi connectivity index (χ2n) is 6.40. The molecule has 18 heavy (non-hydrogen) atoms. The van der Waals surface area contributed by atoms with Crippen LogP contribution in [-0.4, -0.2) is 26.5 Å². The maximum Gasteiger partial charge on any atom is 0.133 e. The third kappa shape index (κ3) is 2.91. The Hall–Kier alpha value is -0.900. The van der Waals surface area contributed by atoms with Crippen LogP contribution in [0.3, 0.4) is 0 Å². The van der Waals surface area contributed by atoms with Gasteiger partial charge >= 0.3 is 0 Å². The van der Waals surface area contributed by atoms with Gasteiger partial charge in [-0.3, -0.25) is 0 Å². The molecule has 2 heterocycles. The highest BCUT2D eigenvalue weighted by Gasteiger charge is 2.28. The average molecular weight is 251 g/mol. The van der Waals surface area contributed by atoms with E-state index >= 15 is 0 Å². The zero-order valence-corrected chi connectivity index (χ0v) is 11.8. The van der Waals surface area contributed by atoms with E-state index in [-0.39, 0.29) is 6.61 Å². The second-order valence-corrected chi connectivity index (χ2v) is 6.40. The van der Waals surface area contributed by atoms with Crippen molar-refractivity contribution >= 4 is 0 Å². The average Bonchev–Trinajstić information content (AvgIpc) is 2.55. The molecular weight excluding hydrogens is 226 g/mol. The fourth-order valence-electron chi connectivity index (χ4n) is 2.84. The number of rotatable bonds is 3. The lowest BCUT2D eigenvalue weighted by Crippen LogP contribution is -2.21. The van der Waals surface area contributed by atoms with Crippen LogP contribution in [0.25, 0.3) is 0 Å². The van der Waals surface area contributed by atoms with Crippen LogP contribution in [0.5, 0.6) is 0 Å². The van der Waals surface area contributed by atoms with Crippen LogP contribution in [0, 0.1) is 11.3 Å². The van der Waals surface area contributed by atoms with Crippen LogP contribution < -0.4 is 0 Å². The molecule has 1 aromatic rings. The Labute approximate surface area is 109 Å². The largest absolute Gasteiger partial charge is 0.396 e. The molecule has 1 aliphatic heterocycles. The maximum atomic E-state index is 8.92. The molecule has 0 saturated heterocycles. The smallest absolute Gasteiger partial charge is 0.133 e. The number of aromatic nitrogens is 3. The van der Waals surface area contributed by atoms with Crippen molar-refractivity contribution < 1.29 is 5.11 Å². The first-order chi connectivity index (χ1) is 8.52. The van der Waals surface area contributed by atoms with Gasteiger partial charge in [0.25, 0.3) is 0 Å². The predicted octanol–water partition coefficient (Wildman–Crippen LogP) is 2.20. The Bertz CT molecular complexity index is 392. The molecule has 0 spiro atoms. The Morgan fingerprint density at radius 2 is 2.06 bits per heavy atom. The van der Waals surface area contributed by atoms with Gasteiger partial charge in [0.1, 0.15) is 11.6 Å². The number of aryl methyl sites for hydroxylation is 2. The quantitative estimate of drug-likeness (QED) is 0.896. The van der Waals surface area contributed by atoms with Gasteiger partial charge in [0.05, 0.1) is 0 Å². The van der Waals surface area contributed by atoms with Crippen LogP contribution in [0.15, 0.2) is 0 Å². The van der Waals surface area contributed by atoms with Crippen LogP contribution in [0.1, 0.15) is 51.7 Å². The third-order valence-electron chi connectivity index (χ3n) is 4.10. The molecule has 1 aromatic heterocycles. The number of hydrogen-bond donors (Lipinski definition) is 1. The lowest BCUT2D eigenvalue weighted by molar-refractivity contribution is 0.211. The molecular formula is C14H25N3O. The fourth-order valence-corrected chi connectivity index (χ4v) is 2.84. The summed E-state index contributed by atoms with van der Waals surface area (Å²) in [5, 5.41) is 17.5. The first kappa shape index (κ1) is 13.5. The minimum atomic E-state index is 0.229. The molecule has 0 saturated carbocycles. The van der Waals surface area contributed by atoms with Crippen LogP contribution in [0.2, 0.25) is 0 Å². The van der Waals surface area contributed by atoms with E-state index in [0.717, 1.165) is 43.4 Å². The first-order valence-corrected chi connectivity index (χ1v) is 7.04. The summed E-state index contributed by atoms with van der Waals surface area (Å²) in [6.45, 7) is 8.25. The molecule has 0 amide bonds. The van der Waals surface area contributed by atoms with E-state index in [4.69, 9.17) is 5.11 Å². The Kier molecular flexibility index (Phi) is 4.05. The van der Waals surface area contributed by atoms with E-state index in [1.165, 1.54) is 12.8 Å². The minimum absolute atomic E-state index is 0.229. The van der Waals surface area contributed by atoms with E-state index in [2.05, 4.69) is 35.5 Å². The predicted molar refractivity (Wildman–Crippen MR) is 71.3 cm³/mol. The molecule has 1 aliphatic rings. The molecule has 4 heteroatoms. The van der Waals surface area contributed by atoms with Crippen molar-refractivity contribution in [2.45, 2.75) is 59.4 Å². The molecule has 0 aliphatic carbocycles. The van der Waals surface area contributed by atoms with Gasteiger partial charge < -0.3 is 9.67 Å². The molecule has 1 N–H and O–H groups in total. The van der Waals surface area contributed by atoms with Crippen LogP contribution in [-0.2, 0) is 19.4 Å². The van der Waals surface area contributed by atoms with Crippen LogP contribution in [0.4, 0.5) is 0 Å². The lowest BCUT2D eigenvalue weighted by atomic mass is 9.76. The van der Waals surface area contributed by atoms with Gasteiger partial charge in [0.15, 0.2) is 0 Å². The molecule has 1 unspecified atom stereocenters. The van der Waals surface area contributed by atoms with Crippen molar-refractivity contribution in [3.63, 3.8) is 0 Å². The van der Waals surface area contributed by atoms with Gasteiger partial charge in [-0.25, -0.2) is 0 Å². The van der Waals surface area contributed by atoms with Gasteiger partial charge in [0, 0.05) is 26.0 Å². The summed E-state index contributed by atoms with van der Waals surface area (Å²) in [5.74, 6) is 2.94. The molecule has 0 aromatic carbocycles. The standard InChI is InChI=1S/C14H25N3O/c1-14(2,3)11-6-7-13-16-15-12(5-4-10-18)17(13)9-8-11/h11,18H,4-10H2,1-3H3. The zero-order chi connectivity index (χ0) is 13.2. The van der Waals surface area contributed by atoms with Crippen molar-refractivity contribution in [3.8, 4) is 0 Å². The fraction of sp³-hybridized carbons (Fsp3) is 0.857. The van der Waals surface area contributed by atoms with Gasteiger partial charge in [0.2, 0.25) is 0 Å². The maximum absolute atomic E-state index is 8.92. The second kappa shape index (κ2) is 5.39. The molecule has 1 atom stereocenters. The summed E-state index contributed by atoms with van der Waals surface area (Å²) in [5.41, 5.74) is 0.378. The Balaban J connectivity index is 2.09. The molecule has 0 radical (unpaired) electrons. The Morgan fingerprint density at radius 1 is 1.28 bits per heavy atom. The van der Waals surface area contributed by atoms with Crippen molar-refractivity contribution in [2.75, 3.05) is 6.61 Å². The zero-order valence-electron chi connectivity index (χ0n) is 11.8. The van der Waals surface area contributed by atoms with Gasteiger partial charge in [-0.15, -0.1) is 10.2 Å². The van der Waals surface area contributed by atoms with Gasteiger partial charge in [-0.2, -0.15) is 0 Å². The first-order valence-electron chi connectivity index (χ1n) is 7.04. The van der Waals surface area contributed by atoms with E-state index in [9.17, 15) is 0 Å². The van der Waals surface area contributed by atoms with Crippen molar-refractivity contribution in [2.24, 2.45) is 11.3 Å². The summed E-state index contributed by atoms with van der Waals surface area (Å²) in [6.07, 6.45) is 5.07. The van der Waals surface area contributed by atoms with E-state index in [1.807, 2.05) is 0 Å². The Morgan fingerprint density at radius 3 is 2.72 bits per heavy atom. The van der Waals surface area contributed by atoms with Crippen molar-refractivity contribution in [1.82, 2.24) is 14.8 Å². The van der Waals surface area contributed by atoms with Crippen molar-refractivity contribution in [1.29, 1.82) is 0 Å². The summed E-state index contributed by atoms with van der Waals surface area (Å²) in [7, 11) is 0. The van der Waals surface area contributed by atoms with E-state index in [1.54, 1.807) is 0 Å². The van der Waals surface area contributed by atoms with Crippen LogP contribution >= 0.6 is 0 Å². The minimum Gasteiger partial charge on any atom is -0.396 e. The highest BCUT2D eigenvalue weighted by atomic mass is 16.2. The number of aliphatic hydroxyl groups excluding tert-OH is 1. The molecule has 102 valence electrons. The number of aliphatic hydroxyl groups is 1. The summed E-state index contributed by atoms with van der Waals surface area (Å²) >= 11 is 0. The lowest BCUT2D eigenvalue weighted by Gasteiger charge is -2.29. The number of fused-ring (bicyclic) bond motifs is 1. The SMILES string of the molecule is CC(C)(C)C1CCc2nnc(CCCO)n2CC1. The van der Waals surface area contributed by atoms with Gasteiger partial charge in [-0.05, 0) is 30.6 Å². The number of nitrogens with zero attached hydrogens (tertiary/aromatic N) is 3. The number of hydrogen-bond acceptors (Lipinski definition) is 3. The monoisotopic (exact) mass is 251 g/mol. The molecule has 4 nitrogen and oxygen atoms in total. The topological polar surface area (TPSA) is 50.9 Å². The molecule has 2 rings (SSSR count). The normalized spacial score (nSPS) is 20.6. The molecule has 0 fully saturated rings. The summed E-state index contributed by atoms with van der Waals surface area (Å²) < 4.78 is 2.28. The van der Waals surface area contributed by atoms with Gasteiger partial charge in [-0.1, -0.05) is 20.8 Å². The highest BCUT2D eigenvalue weighted by molar-refractivity contribution is 4.99. The van der Waals surface area contributed by atoms with E-state index < -0.39 is 0 Å². The summed E-state index contributed by atoms with van der Waals surface area (Å²) in [6, 6.07) is 0. The summed E-state index contributed by atoms with van der Waals surface area (Å²) in [4.78, 5) is 0. The van der Waals surface area contributed by atoms with E-state index in [0.29, 0.717) is 5.41 Å². The third-order valence-corrected chi connectivity index (χ3v) is 4.10. The molecule has 0 bridgehead atoms. The van der Waals surface area contributed by atoms with Crippen molar-refractivity contribution in [3.05, 3.63) is 11.6 Å². The highest BCUT2D eigenvalue weighted by Crippen LogP contribution is 2.34.